The van der Waals surface area contributed by atoms with Gasteiger partial charge in [0.2, 0.25) is 0 Å². The molecule has 0 bridgehead atoms. The van der Waals surface area contributed by atoms with E-state index in [0.717, 1.165) is 18.0 Å². The molecule has 0 amide bonds. The summed E-state index contributed by atoms with van der Waals surface area (Å²) in [6.07, 6.45) is 9.49. The smallest absolute Gasteiger partial charge is 0.161 e. The van der Waals surface area contributed by atoms with Crippen molar-refractivity contribution in [1.82, 2.24) is 9.55 Å². The molecule has 19 heavy (non-hydrogen) atoms. The predicted octanol–water partition coefficient (Wildman–Crippen LogP) is 2.95. The Morgan fingerprint density at radius 3 is 2.68 bits per heavy atom. The van der Waals surface area contributed by atoms with E-state index in [9.17, 15) is 0 Å². The lowest BCUT2D eigenvalue weighted by Gasteiger charge is -2.08. The predicted molar refractivity (Wildman–Crippen MR) is 77.1 cm³/mol. The van der Waals surface area contributed by atoms with Crippen molar-refractivity contribution in [3.05, 3.63) is 55.1 Å². The maximum Gasteiger partial charge on any atom is 0.161 e. The van der Waals surface area contributed by atoms with E-state index in [0.29, 0.717) is 6.61 Å². The fraction of sp³-hybridized carbons (Fsp3) is 0.214. The van der Waals surface area contributed by atoms with Gasteiger partial charge in [-0.2, -0.15) is 0 Å². The molecule has 0 spiro atoms. The largest absolute Gasteiger partial charge is 0.493 e. The Balaban J connectivity index is 0.00000180. The second-order valence-corrected chi connectivity index (χ2v) is 3.69. The van der Waals surface area contributed by atoms with Crippen molar-refractivity contribution < 1.29 is 9.47 Å². The van der Waals surface area contributed by atoms with Crippen molar-refractivity contribution >= 4 is 12.4 Å². The average molecular weight is 281 g/mol. The molecule has 1 heterocycles. The number of hydrogen-bond acceptors (Lipinski definition) is 3. The highest BCUT2D eigenvalue weighted by Crippen LogP contribution is 2.25. The van der Waals surface area contributed by atoms with Gasteiger partial charge in [0.15, 0.2) is 11.5 Å². The maximum atomic E-state index is 5.61. The molecule has 2 aromatic rings. The van der Waals surface area contributed by atoms with Gasteiger partial charge in [-0.15, -0.1) is 12.4 Å². The molecule has 5 heteroatoms. The molecule has 1 aromatic carbocycles. The quantitative estimate of drug-likeness (QED) is 0.763. The number of nitrogens with zero attached hydrogens (tertiary/aromatic N) is 2. The summed E-state index contributed by atoms with van der Waals surface area (Å²) < 4.78 is 12.8. The van der Waals surface area contributed by atoms with Gasteiger partial charge in [-0.25, -0.2) is 4.98 Å². The molecule has 0 aliphatic heterocycles. The lowest BCUT2D eigenvalue weighted by Crippen LogP contribution is -1.97. The molecule has 0 radical (unpaired) electrons. The van der Waals surface area contributed by atoms with Crippen LogP contribution < -0.4 is 9.47 Å². The molecule has 2 rings (SSSR count). The Morgan fingerprint density at radius 2 is 2.00 bits per heavy atom. The summed E-state index contributed by atoms with van der Waals surface area (Å²) in [5.74, 6) is 1.51. The summed E-state index contributed by atoms with van der Waals surface area (Å²) >= 11 is 0. The molecular weight excluding hydrogens is 264 g/mol. The first-order valence-electron chi connectivity index (χ1n) is 5.76. The zero-order chi connectivity index (χ0) is 12.6. The summed E-state index contributed by atoms with van der Waals surface area (Å²) in [7, 11) is 1.64. The van der Waals surface area contributed by atoms with Gasteiger partial charge in [0.1, 0.15) is 6.61 Å². The number of benzene rings is 1. The fourth-order valence-electron chi connectivity index (χ4n) is 1.53. The lowest BCUT2D eigenvalue weighted by molar-refractivity contribution is 0.326. The molecule has 0 aliphatic carbocycles. The maximum absolute atomic E-state index is 5.61. The van der Waals surface area contributed by atoms with Crippen LogP contribution in [0.2, 0.25) is 0 Å². The normalized spacial score (nSPS) is 10.2. The summed E-state index contributed by atoms with van der Waals surface area (Å²) in [4.78, 5) is 3.97. The topological polar surface area (TPSA) is 36.3 Å². The molecule has 4 nitrogen and oxygen atoms in total. The first kappa shape index (κ1) is 15.1. The Bertz CT molecular complexity index is 498. The van der Waals surface area contributed by atoms with Gasteiger partial charge in [-0.1, -0.05) is 18.2 Å². The number of para-hydroxylation sites is 2. The van der Waals surface area contributed by atoms with Gasteiger partial charge in [0, 0.05) is 18.9 Å². The first-order valence-corrected chi connectivity index (χ1v) is 5.76. The number of hydrogen-bond donors (Lipinski definition) is 0. The number of aromatic nitrogens is 2. The van der Waals surface area contributed by atoms with Crippen molar-refractivity contribution in [2.45, 2.75) is 6.54 Å². The number of allylic oxidation sites excluding steroid dienone is 1. The van der Waals surface area contributed by atoms with Crippen molar-refractivity contribution in [3.63, 3.8) is 0 Å². The highest BCUT2D eigenvalue weighted by Gasteiger charge is 2.00. The van der Waals surface area contributed by atoms with E-state index in [2.05, 4.69) is 4.98 Å². The minimum Gasteiger partial charge on any atom is -0.493 e. The zero-order valence-electron chi connectivity index (χ0n) is 10.7. The van der Waals surface area contributed by atoms with Crippen LogP contribution in [0.25, 0.3) is 0 Å². The summed E-state index contributed by atoms with van der Waals surface area (Å²) in [6.45, 7) is 1.32. The zero-order valence-corrected chi connectivity index (χ0v) is 11.5. The Morgan fingerprint density at radius 1 is 1.21 bits per heavy atom. The molecule has 102 valence electrons. The van der Waals surface area contributed by atoms with E-state index < -0.39 is 0 Å². The van der Waals surface area contributed by atoms with E-state index in [1.165, 1.54) is 0 Å². The molecule has 0 atom stereocenters. The van der Waals surface area contributed by atoms with Gasteiger partial charge in [0.05, 0.1) is 13.4 Å². The fourth-order valence-corrected chi connectivity index (χ4v) is 1.53. The van der Waals surface area contributed by atoms with Crippen LogP contribution in [0.4, 0.5) is 0 Å². The SMILES string of the molecule is COc1ccccc1OCC=CCn1ccnc1.Cl. The Kier molecular flexibility index (Phi) is 6.53. The number of methoxy groups -OCH3 is 1. The summed E-state index contributed by atoms with van der Waals surface area (Å²) in [6, 6.07) is 7.61. The van der Waals surface area contributed by atoms with Crippen LogP contribution in [0, 0.1) is 0 Å². The minimum absolute atomic E-state index is 0. The van der Waals surface area contributed by atoms with Crippen LogP contribution in [-0.2, 0) is 6.54 Å². The molecule has 0 saturated heterocycles. The summed E-state index contributed by atoms with van der Waals surface area (Å²) in [5.41, 5.74) is 0. The molecule has 0 fully saturated rings. The van der Waals surface area contributed by atoms with Crippen LogP contribution in [0.5, 0.6) is 11.5 Å². The standard InChI is InChI=1S/C14H16N2O2.ClH/c1-17-13-6-2-3-7-14(13)18-11-5-4-9-16-10-8-15-12-16;/h2-8,10,12H,9,11H2,1H3;1H. The number of imidazole rings is 1. The molecule has 0 N–H and O–H groups in total. The van der Waals surface area contributed by atoms with Gasteiger partial charge in [0.25, 0.3) is 0 Å². The second-order valence-electron chi connectivity index (χ2n) is 3.69. The number of rotatable bonds is 6. The van der Waals surface area contributed by atoms with Crippen molar-refractivity contribution in [3.8, 4) is 11.5 Å². The minimum atomic E-state index is 0. The monoisotopic (exact) mass is 280 g/mol. The van der Waals surface area contributed by atoms with E-state index in [1.807, 2.05) is 47.2 Å². The van der Waals surface area contributed by atoms with Crippen molar-refractivity contribution in [1.29, 1.82) is 0 Å². The number of halogens is 1. The molecule has 1 aromatic heterocycles. The molecular formula is C14H17ClN2O2. The van der Waals surface area contributed by atoms with Gasteiger partial charge >= 0.3 is 0 Å². The van der Waals surface area contributed by atoms with Crippen LogP contribution in [-0.4, -0.2) is 23.3 Å². The van der Waals surface area contributed by atoms with E-state index in [4.69, 9.17) is 9.47 Å². The average Bonchev–Trinajstić information content (AvgIpc) is 2.92. The van der Waals surface area contributed by atoms with Crippen molar-refractivity contribution in [2.24, 2.45) is 0 Å². The van der Waals surface area contributed by atoms with Crippen LogP contribution in [0.15, 0.2) is 55.1 Å². The third-order valence-electron chi connectivity index (χ3n) is 2.45. The Labute approximate surface area is 119 Å². The van der Waals surface area contributed by atoms with E-state index in [-0.39, 0.29) is 12.4 Å². The highest BCUT2D eigenvalue weighted by molar-refractivity contribution is 5.85. The lowest BCUT2D eigenvalue weighted by atomic mass is 10.3. The molecule has 0 aliphatic rings. The first-order chi connectivity index (χ1) is 8.90. The van der Waals surface area contributed by atoms with E-state index in [1.54, 1.807) is 19.6 Å². The van der Waals surface area contributed by atoms with Gasteiger partial charge in [-0.3, -0.25) is 0 Å². The van der Waals surface area contributed by atoms with Gasteiger partial charge < -0.3 is 14.0 Å². The number of ether oxygens (including phenoxy) is 2. The third kappa shape index (κ3) is 4.67. The van der Waals surface area contributed by atoms with Crippen LogP contribution >= 0.6 is 12.4 Å². The Hall–Kier alpha value is -1.94. The van der Waals surface area contributed by atoms with Crippen LogP contribution in [0.1, 0.15) is 0 Å². The van der Waals surface area contributed by atoms with Gasteiger partial charge in [-0.05, 0) is 18.2 Å². The summed E-state index contributed by atoms with van der Waals surface area (Å²) in [5, 5.41) is 0. The van der Waals surface area contributed by atoms with E-state index >= 15 is 0 Å². The van der Waals surface area contributed by atoms with Crippen LogP contribution in [0.3, 0.4) is 0 Å². The second kappa shape index (κ2) is 8.21. The third-order valence-corrected chi connectivity index (χ3v) is 2.45. The molecule has 0 saturated carbocycles. The molecule has 0 unspecified atom stereocenters. The highest BCUT2D eigenvalue weighted by atomic mass is 35.5. The van der Waals surface area contributed by atoms with Crippen molar-refractivity contribution in [2.75, 3.05) is 13.7 Å².